The number of benzene rings is 1. The van der Waals surface area contributed by atoms with Crippen LogP contribution in [-0.2, 0) is 19.1 Å². The highest BCUT2D eigenvalue weighted by Gasteiger charge is 2.51. The molecule has 4 fully saturated rings. The lowest BCUT2D eigenvalue weighted by molar-refractivity contribution is -0.146. The van der Waals surface area contributed by atoms with Crippen LogP contribution in [0.5, 0.6) is 0 Å². The molecular formula is C30H35N3O5S. The molecule has 0 spiro atoms. The Morgan fingerprint density at radius 1 is 1.10 bits per heavy atom. The highest BCUT2D eigenvalue weighted by molar-refractivity contribution is 8.03. The van der Waals surface area contributed by atoms with Crippen molar-refractivity contribution < 1.29 is 23.9 Å². The standard InChI is InChI=1S/C30H35N3O5S/c1-4-38-29(36)25-17(2)32-27(23(15-31)26(25)21-5-7-22(8-6-21)28(35)37-3)39-16-24(34)33-30-12-18-9-19(13-30)11-20(10-18)14-30/h5-8,18-20,25-26H,4,9-14,16H2,1-3H3,(H,33,34). The Morgan fingerprint density at radius 3 is 2.26 bits per heavy atom. The normalized spacial score (nSPS) is 30.8. The zero-order valence-corrected chi connectivity index (χ0v) is 23.5. The second-order valence-corrected chi connectivity index (χ2v) is 12.4. The topological polar surface area (TPSA) is 118 Å². The molecule has 1 amide bonds. The molecule has 0 aromatic heterocycles. The van der Waals surface area contributed by atoms with E-state index in [1.54, 1.807) is 38.1 Å². The van der Waals surface area contributed by atoms with E-state index in [4.69, 9.17) is 9.47 Å². The van der Waals surface area contributed by atoms with Crippen molar-refractivity contribution in [2.75, 3.05) is 19.5 Å². The smallest absolute Gasteiger partial charge is 0.337 e. The minimum Gasteiger partial charge on any atom is -0.465 e. The van der Waals surface area contributed by atoms with Crippen molar-refractivity contribution in [1.82, 2.24) is 5.32 Å². The van der Waals surface area contributed by atoms with Crippen LogP contribution in [0.25, 0.3) is 0 Å². The molecule has 0 saturated heterocycles. The molecule has 8 nitrogen and oxygen atoms in total. The van der Waals surface area contributed by atoms with Gasteiger partial charge < -0.3 is 14.8 Å². The van der Waals surface area contributed by atoms with E-state index in [9.17, 15) is 19.6 Å². The van der Waals surface area contributed by atoms with E-state index < -0.39 is 23.8 Å². The largest absolute Gasteiger partial charge is 0.465 e. The van der Waals surface area contributed by atoms with Gasteiger partial charge in [-0.05, 0) is 87.8 Å². The van der Waals surface area contributed by atoms with E-state index in [-0.39, 0.29) is 23.8 Å². The third kappa shape index (κ3) is 5.49. The van der Waals surface area contributed by atoms with Gasteiger partial charge in [-0.1, -0.05) is 23.9 Å². The second kappa shape index (κ2) is 11.2. The van der Waals surface area contributed by atoms with Crippen molar-refractivity contribution in [2.24, 2.45) is 28.7 Å². The first-order chi connectivity index (χ1) is 18.8. The minimum absolute atomic E-state index is 0.0360. The lowest BCUT2D eigenvalue weighted by atomic mass is 9.53. The average Bonchev–Trinajstić information content (AvgIpc) is 2.90. The van der Waals surface area contributed by atoms with Crippen molar-refractivity contribution in [3.63, 3.8) is 0 Å². The van der Waals surface area contributed by atoms with E-state index in [1.807, 2.05) is 0 Å². The summed E-state index contributed by atoms with van der Waals surface area (Å²) in [5.41, 5.74) is 1.82. The van der Waals surface area contributed by atoms with E-state index in [0.717, 1.165) is 37.0 Å². The maximum absolute atomic E-state index is 13.2. The van der Waals surface area contributed by atoms with Crippen LogP contribution >= 0.6 is 11.8 Å². The lowest BCUT2D eigenvalue weighted by Crippen LogP contribution is -2.60. The Hall–Kier alpha value is -3.12. The van der Waals surface area contributed by atoms with Crippen LogP contribution in [0.3, 0.4) is 0 Å². The van der Waals surface area contributed by atoms with Gasteiger partial charge >= 0.3 is 11.9 Å². The summed E-state index contributed by atoms with van der Waals surface area (Å²) < 4.78 is 10.1. The van der Waals surface area contributed by atoms with Gasteiger partial charge in [-0.2, -0.15) is 5.26 Å². The van der Waals surface area contributed by atoms with Crippen molar-refractivity contribution in [1.29, 1.82) is 5.26 Å². The fourth-order valence-corrected chi connectivity index (χ4v) is 8.51. The number of esters is 2. The number of ether oxygens (including phenoxy) is 2. The van der Waals surface area contributed by atoms with Gasteiger partial charge in [-0.3, -0.25) is 9.59 Å². The molecule has 1 N–H and O–H groups in total. The first-order valence-electron chi connectivity index (χ1n) is 13.7. The number of rotatable bonds is 8. The van der Waals surface area contributed by atoms with Gasteiger partial charge in [0.25, 0.3) is 0 Å². The summed E-state index contributed by atoms with van der Waals surface area (Å²) in [7, 11) is 1.31. The molecule has 2 unspecified atom stereocenters. The average molecular weight is 550 g/mol. The number of hydrogen-bond donors (Lipinski definition) is 1. The van der Waals surface area contributed by atoms with E-state index in [0.29, 0.717) is 27.4 Å². The molecule has 0 radical (unpaired) electrons. The van der Waals surface area contributed by atoms with Gasteiger partial charge in [0.05, 0.1) is 36.7 Å². The number of nitriles is 1. The lowest BCUT2D eigenvalue weighted by Gasteiger charge is -2.56. The second-order valence-electron chi connectivity index (χ2n) is 11.4. The van der Waals surface area contributed by atoms with Crippen LogP contribution in [0.1, 0.15) is 74.2 Å². The van der Waals surface area contributed by atoms with Crippen LogP contribution in [0.2, 0.25) is 0 Å². The molecular weight excluding hydrogens is 514 g/mol. The first kappa shape index (κ1) is 27.4. The van der Waals surface area contributed by atoms with Gasteiger partial charge in [-0.25, -0.2) is 9.79 Å². The Kier molecular flexibility index (Phi) is 7.86. The Balaban J connectivity index is 1.37. The van der Waals surface area contributed by atoms with Gasteiger partial charge in [-0.15, -0.1) is 0 Å². The predicted octanol–water partition coefficient (Wildman–Crippen LogP) is 4.76. The molecule has 39 heavy (non-hydrogen) atoms. The minimum atomic E-state index is -0.784. The fraction of sp³-hybridized carbons (Fsp3) is 0.567. The molecule has 6 rings (SSSR count). The first-order valence-corrected chi connectivity index (χ1v) is 14.7. The van der Waals surface area contributed by atoms with Crippen molar-refractivity contribution in [3.05, 3.63) is 46.0 Å². The van der Waals surface area contributed by atoms with Gasteiger partial charge in [0, 0.05) is 17.2 Å². The Morgan fingerprint density at radius 2 is 1.72 bits per heavy atom. The van der Waals surface area contributed by atoms with Crippen LogP contribution in [0.15, 0.2) is 39.9 Å². The molecule has 2 atom stereocenters. The van der Waals surface area contributed by atoms with Crippen LogP contribution in [0.4, 0.5) is 0 Å². The number of aliphatic imine (C=N–C) groups is 1. The maximum Gasteiger partial charge on any atom is 0.337 e. The SMILES string of the molecule is CCOC(=O)C1C(C)=NC(SCC(=O)NC23CC4CC(CC(C4)C2)C3)=C(C#N)C1c1ccc(C(=O)OC)cc1. The zero-order chi connectivity index (χ0) is 27.7. The summed E-state index contributed by atoms with van der Waals surface area (Å²) in [6.45, 7) is 3.69. The number of carbonyl (C=O) groups excluding carboxylic acids is 3. The monoisotopic (exact) mass is 549 g/mol. The molecule has 1 aromatic rings. The van der Waals surface area contributed by atoms with Gasteiger partial charge in [0.15, 0.2) is 0 Å². The number of carbonyl (C=O) groups is 3. The summed E-state index contributed by atoms with van der Waals surface area (Å²) >= 11 is 1.24. The quantitative estimate of drug-likeness (QED) is 0.464. The number of methoxy groups -OCH3 is 1. The Bertz CT molecular complexity index is 1230. The summed E-state index contributed by atoms with van der Waals surface area (Å²) in [5.74, 6) is -0.0559. The van der Waals surface area contributed by atoms with Crippen molar-refractivity contribution in [3.8, 4) is 6.07 Å². The van der Waals surface area contributed by atoms with Gasteiger partial charge in [0.1, 0.15) is 10.9 Å². The number of hydrogen-bond acceptors (Lipinski definition) is 8. The van der Waals surface area contributed by atoms with Crippen molar-refractivity contribution >= 4 is 35.3 Å². The number of nitrogens with one attached hydrogen (secondary N) is 1. The number of thioether (sulfide) groups is 1. The predicted molar refractivity (Wildman–Crippen MR) is 148 cm³/mol. The summed E-state index contributed by atoms with van der Waals surface area (Å²) in [4.78, 5) is 42.8. The van der Waals surface area contributed by atoms with E-state index in [2.05, 4.69) is 16.4 Å². The Labute approximate surface area is 233 Å². The molecule has 4 bridgehead atoms. The number of amides is 1. The third-order valence-electron chi connectivity index (χ3n) is 8.74. The molecule has 1 aliphatic heterocycles. The van der Waals surface area contributed by atoms with Crippen molar-refractivity contribution in [2.45, 2.75) is 63.8 Å². The molecule has 206 valence electrons. The number of nitrogens with zero attached hydrogens (tertiary/aromatic N) is 2. The highest BCUT2D eigenvalue weighted by Crippen LogP contribution is 2.55. The van der Waals surface area contributed by atoms with Crippen LogP contribution < -0.4 is 5.32 Å². The van der Waals surface area contributed by atoms with E-state index >= 15 is 0 Å². The summed E-state index contributed by atoms with van der Waals surface area (Å²) in [6, 6.07) is 8.95. The van der Waals surface area contributed by atoms with Crippen LogP contribution in [0, 0.1) is 35.0 Å². The molecule has 1 aromatic carbocycles. The highest BCUT2D eigenvalue weighted by atomic mass is 32.2. The molecule has 4 aliphatic carbocycles. The number of allylic oxidation sites excluding steroid dienone is 1. The molecule has 5 aliphatic rings. The molecule has 9 heteroatoms. The molecule has 1 heterocycles. The third-order valence-corrected chi connectivity index (χ3v) is 9.73. The summed E-state index contributed by atoms with van der Waals surface area (Å²) in [6.07, 6.45) is 7.14. The maximum atomic E-state index is 13.2. The van der Waals surface area contributed by atoms with Crippen LogP contribution in [-0.4, -0.2) is 48.6 Å². The zero-order valence-electron chi connectivity index (χ0n) is 22.7. The van der Waals surface area contributed by atoms with E-state index in [1.165, 1.54) is 38.1 Å². The fourth-order valence-electron chi connectivity index (χ4n) is 7.63. The van der Waals surface area contributed by atoms with Gasteiger partial charge in [0.2, 0.25) is 5.91 Å². The summed E-state index contributed by atoms with van der Waals surface area (Å²) in [5, 5.41) is 14.1. The molecule has 4 saturated carbocycles.